The van der Waals surface area contributed by atoms with Crippen LogP contribution in [-0.2, 0) is 0 Å². The molecule has 0 aliphatic heterocycles. The van der Waals surface area contributed by atoms with Gasteiger partial charge in [0.15, 0.2) is 0 Å². The van der Waals surface area contributed by atoms with E-state index in [1.54, 1.807) is 0 Å². The van der Waals surface area contributed by atoms with Gasteiger partial charge in [-0.3, -0.25) is 14.9 Å². The first-order chi connectivity index (χ1) is 10.4. The molecule has 114 valence electrons. The zero-order chi connectivity index (χ0) is 16.3. The number of benzene rings is 2. The zero-order valence-electron chi connectivity index (χ0n) is 12.8. The Morgan fingerprint density at radius 2 is 1.77 bits per heavy atom. The molecule has 0 saturated heterocycles. The molecule has 1 atom stereocenters. The van der Waals surface area contributed by atoms with Crippen LogP contribution in [0.2, 0.25) is 0 Å². The van der Waals surface area contributed by atoms with Gasteiger partial charge in [-0.15, -0.1) is 0 Å². The maximum atomic E-state index is 12.2. The van der Waals surface area contributed by atoms with Crippen molar-refractivity contribution < 1.29 is 9.72 Å². The van der Waals surface area contributed by atoms with Crippen molar-refractivity contribution in [3.8, 4) is 0 Å². The maximum Gasteiger partial charge on any atom is 0.269 e. The van der Waals surface area contributed by atoms with E-state index in [2.05, 4.69) is 11.4 Å². The second-order valence-electron chi connectivity index (χ2n) is 5.36. The smallest absolute Gasteiger partial charge is 0.269 e. The van der Waals surface area contributed by atoms with Crippen molar-refractivity contribution in [2.75, 3.05) is 0 Å². The third-order valence-corrected chi connectivity index (χ3v) is 3.58. The van der Waals surface area contributed by atoms with E-state index in [4.69, 9.17) is 0 Å². The topological polar surface area (TPSA) is 72.2 Å². The van der Waals surface area contributed by atoms with Gasteiger partial charge in [-0.2, -0.15) is 0 Å². The molecular formula is C17H18N2O3. The minimum Gasteiger partial charge on any atom is -0.346 e. The molecule has 1 N–H and O–H groups in total. The molecule has 0 heterocycles. The van der Waals surface area contributed by atoms with Crippen molar-refractivity contribution in [2.45, 2.75) is 26.8 Å². The lowest BCUT2D eigenvalue weighted by molar-refractivity contribution is -0.384. The molecule has 0 spiro atoms. The predicted molar refractivity (Wildman–Crippen MR) is 84.9 cm³/mol. The SMILES string of the molecule is Cc1ccc([C@@H](C)NC(=O)c2ccc([N+](=O)[O-])cc2)c(C)c1. The monoisotopic (exact) mass is 298 g/mol. The summed E-state index contributed by atoms with van der Waals surface area (Å²) in [7, 11) is 0. The number of hydrogen-bond acceptors (Lipinski definition) is 3. The number of aryl methyl sites for hydroxylation is 2. The Kier molecular flexibility index (Phi) is 4.56. The number of nitrogens with zero attached hydrogens (tertiary/aromatic N) is 1. The van der Waals surface area contributed by atoms with E-state index in [0.29, 0.717) is 5.56 Å². The van der Waals surface area contributed by atoms with Crippen LogP contribution >= 0.6 is 0 Å². The third kappa shape index (κ3) is 3.49. The van der Waals surface area contributed by atoms with Crippen LogP contribution in [0, 0.1) is 24.0 Å². The van der Waals surface area contributed by atoms with Crippen LogP contribution in [0.4, 0.5) is 5.69 Å². The molecule has 0 radical (unpaired) electrons. The highest BCUT2D eigenvalue weighted by Crippen LogP contribution is 2.19. The second kappa shape index (κ2) is 6.39. The molecule has 22 heavy (non-hydrogen) atoms. The van der Waals surface area contributed by atoms with Gasteiger partial charge in [0.25, 0.3) is 11.6 Å². The Hall–Kier alpha value is -2.69. The van der Waals surface area contributed by atoms with Crippen LogP contribution in [0.25, 0.3) is 0 Å². The molecule has 0 unspecified atom stereocenters. The van der Waals surface area contributed by atoms with E-state index >= 15 is 0 Å². The number of non-ortho nitro benzene ring substituents is 1. The number of nitrogens with one attached hydrogen (secondary N) is 1. The standard InChI is InChI=1S/C17H18N2O3/c1-11-4-9-16(12(2)10-11)13(3)18-17(20)14-5-7-15(8-6-14)19(21)22/h4-10,13H,1-3H3,(H,18,20)/t13-/m1/s1. The number of rotatable bonds is 4. The van der Waals surface area contributed by atoms with Crippen molar-refractivity contribution in [2.24, 2.45) is 0 Å². The summed E-state index contributed by atoms with van der Waals surface area (Å²) < 4.78 is 0. The fraction of sp³-hybridized carbons (Fsp3) is 0.235. The molecule has 0 aliphatic carbocycles. The van der Waals surface area contributed by atoms with E-state index in [1.165, 1.54) is 29.8 Å². The fourth-order valence-corrected chi connectivity index (χ4v) is 2.40. The van der Waals surface area contributed by atoms with E-state index in [0.717, 1.165) is 11.1 Å². The molecule has 0 saturated carbocycles. The van der Waals surface area contributed by atoms with Gasteiger partial charge >= 0.3 is 0 Å². The van der Waals surface area contributed by atoms with Gasteiger partial charge in [-0.05, 0) is 44.0 Å². The van der Waals surface area contributed by atoms with Crippen LogP contribution in [-0.4, -0.2) is 10.8 Å². The number of nitro benzene ring substituents is 1. The Labute approximate surface area is 129 Å². The van der Waals surface area contributed by atoms with E-state index in [9.17, 15) is 14.9 Å². The van der Waals surface area contributed by atoms with Gasteiger partial charge < -0.3 is 5.32 Å². The Bertz CT molecular complexity index is 708. The quantitative estimate of drug-likeness (QED) is 0.691. The van der Waals surface area contributed by atoms with Crippen molar-refractivity contribution in [3.05, 3.63) is 74.8 Å². The molecule has 5 nitrogen and oxygen atoms in total. The first-order valence-corrected chi connectivity index (χ1v) is 7.01. The molecule has 1 amide bonds. The summed E-state index contributed by atoms with van der Waals surface area (Å²) in [5.74, 6) is -0.248. The molecule has 0 fully saturated rings. The number of carbonyl (C=O) groups is 1. The first-order valence-electron chi connectivity index (χ1n) is 7.01. The molecule has 0 aromatic heterocycles. The van der Waals surface area contributed by atoms with Crippen LogP contribution < -0.4 is 5.32 Å². The normalized spacial score (nSPS) is 11.8. The lowest BCUT2D eigenvalue weighted by atomic mass is 10.00. The Morgan fingerprint density at radius 1 is 1.14 bits per heavy atom. The minimum absolute atomic E-state index is 0.0287. The van der Waals surface area contributed by atoms with Crippen LogP contribution in [0.3, 0.4) is 0 Å². The average Bonchev–Trinajstić information content (AvgIpc) is 2.47. The second-order valence-corrected chi connectivity index (χ2v) is 5.36. The average molecular weight is 298 g/mol. The van der Waals surface area contributed by atoms with Gasteiger partial charge in [0.2, 0.25) is 0 Å². The Balaban J connectivity index is 2.12. The summed E-state index contributed by atoms with van der Waals surface area (Å²) in [5, 5.41) is 13.5. The summed E-state index contributed by atoms with van der Waals surface area (Å²) in [6.07, 6.45) is 0. The molecular weight excluding hydrogens is 280 g/mol. The summed E-state index contributed by atoms with van der Waals surface area (Å²) in [6.45, 7) is 5.95. The number of carbonyl (C=O) groups excluding carboxylic acids is 1. The number of hydrogen-bond donors (Lipinski definition) is 1. The van der Waals surface area contributed by atoms with Crippen molar-refractivity contribution in [1.82, 2.24) is 5.32 Å². The van der Waals surface area contributed by atoms with Gasteiger partial charge in [-0.25, -0.2) is 0 Å². The summed E-state index contributed by atoms with van der Waals surface area (Å²) in [5.41, 5.74) is 3.73. The highest BCUT2D eigenvalue weighted by molar-refractivity contribution is 5.94. The molecule has 0 bridgehead atoms. The number of nitro groups is 1. The van der Waals surface area contributed by atoms with Crippen molar-refractivity contribution >= 4 is 11.6 Å². The van der Waals surface area contributed by atoms with E-state index < -0.39 is 4.92 Å². The van der Waals surface area contributed by atoms with Crippen molar-refractivity contribution in [1.29, 1.82) is 0 Å². The van der Waals surface area contributed by atoms with Crippen molar-refractivity contribution in [3.63, 3.8) is 0 Å². The third-order valence-electron chi connectivity index (χ3n) is 3.58. The van der Waals surface area contributed by atoms with Gasteiger partial charge in [0, 0.05) is 17.7 Å². The van der Waals surface area contributed by atoms with Gasteiger partial charge in [0.05, 0.1) is 11.0 Å². The fourth-order valence-electron chi connectivity index (χ4n) is 2.40. The largest absolute Gasteiger partial charge is 0.346 e. The lowest BCUT2D eigenvalue weighted by Crippen LogP contribution is -2.27. The zero-order valence-corrected chi connectivity index (χ0v) is 12.8. The summed E-state index contributed by atoms with van der Waals surface area (Å²) >= 11 is 0. The lowest BCUT2D eigenvalue weighted by Gasteiger charge is -2.17. The van der Waals surface area contributed by atoms with Crippen LogP contribution in [0.1, 0.15) is 40.0 Å². The number of amides is 1. The minimum atomic E-state index is -0.486. The predicted octanol–water partition coefficient (Wildman–Crippen LogP) is 3.70. The van der Waals surface area contributed by atoms with E-state index in [-0.39, 0.29) is 17.6 Å². The maximum absolute atomic E-state index is 12.2. The molecule has 2 aromatic rings. The first kappa shape index (κ1) is 15.7. The summed E-state index contributed by atoms with van der Waals surface area (Å²) in [6, 6.07) is 11.5. The summed E-state index contributed by atoms with van der Waals surface area (Å²) in [4.78, 5) is 22.3. The molecule has 5 heteroatoms. The molecule has 0 aliphatic rings. The Morgan fingerprint density at radius 3 is 2.32 bits per heavy atom. The van der Waals surface area contributed by atoms with Crippen LogP contribution in [0.5, 0.6) is 0 Å². The highest BCUT2D eigenvalue weighted by atomic mass is 16.6. The molecule has 2 aromatic carbocycles. The highest BCUT2D eigenvalue weighted by Gasteiger charge is 2.14. The van der Waals surface area contributed by atoms with Gasteiger partial charge in [0.1, 0.15) is 0 Å². The van der Waals surface area contributed by atoms with Gasteiger partial charge in [-0.1, -0.05) is 23.8 Å². The van der Waals surface area contributed by atoms with E-state index in [1.807, 2.05) is 32.9 Å². The van der Waals surface area contributed by atoms with Crippen LogP contribution in [0.15, 0.2) is 42.5 Å². The molecule has 2 rings (SSSR count).